The van der Waals surface area contributed by atoms with E-state index in [1.54, 1.807) is 0 Å². The lowest BCUT2D eigenvalue weighted by molar-refractivity contribution is -0.128. The van der Waals surface area contributed by atoms with Gasteiger partial charge >= 0.3 is 0 Å². The molecule has 1 aromatic carbocycles. The number of rotatable bonds is 5. The zero-order chi connectivity index (χ0) is 20.1. The average Bonchev–Trinajstić information content (AvgIpc) is 3.14. The molecule has 0 N–H and O–H groups in total. The highest BCUT2D eigenvalue weighted by molar-refractivity contribution is 7.99. The Bertz CT molecular complexity index is 844. The Balaban J connectivity index is 1.45. The molecule has 1 saturated heterocycles. The molecule has 156 valence electrons. The van der Waals surface area contributed by atoms with Crippen molar-refractivity contribution in [2.24, 2.45) is 0 Å². The minimum Gasteiger partial charge on any atom is -0.486 e. The molecule has 0 radical (unpaired) electrons. The first-order chi connectivity index (χ1) is 14.3. The zero-order valence-corrected chi connectivity index (χ0v) is 17.9. The van der Waals surface area contributed by atoms with Crippen molar-refractivity contribution in [2.45, 2.75) is 50.7 Å². The molecule has 0 saturated carbocycles. The quantitative estimate of drug-likeness (QED) is 0.684. The number of thioether (sulfide) groups is 1. The summed E-state index contributed by atoms with van der Waals surface area (Å²) in [7, 11) is 0. The van der Waals surface area contributed by atoms with Gasteiger partial charge in [0.1, 0.15) is 13.2 Å². The van der Waals surface area contributed by atoms with Gasteiger partial charge in [-0.15, -0.1) is 0 Å². The first kappa shape index (κ1) is 20.1. The summed E-state index contributed by atoms with van der Waals surface area (Å²) in [4.78, 5) is 19.4. The average molecular weight is 416 g/mol. The van der Waals surface area contributed by atoms with E-state index in [1.165, 1.54) is 31.0 Å². The molecule has 2 aliphatic rings. The second-order valence-corrected chi connectivity index (χ2v) is 8.41. The van der Waals surface area contributed by atoms with Crippen LogP contribution >= 0.6 is 11.8 Å². The summed E-state index contributed by atoms with van der Waals surface area (Å²) in [6.45, 7) is 5.85. The van der Waals surface area contributed by atoms with Crippen molar-refractivity contribution in [3.63, 3.8) is 0 Å². The van der Waals surface area contributed by atoms with E-state index in [4.69, 9.17) is 9.47 Å². The van der Waals surface area contributed by atoms with E-state index in [0.29, 0.717) is 19.0 Å². The van der Waals surface area contributed by atoms with Gasteiger partial charge in [0.2, 0.25) is 5.91 Å². The molecule has 1 amide bonds. The Hall–Kier alpha value is -2.15. The van der Waals surface area contributed by atoms with Crippen molar-refractivity contribution < 1.29 is 14.3 Å². The summed E-state index contributed by atoms with van der Waals surface area (Å²) in [5.41, 5.74) is 2.08. The first-order valence-electron chi connectivity index (χ1n) is 10.6. The molecule has 2 aliphatic heterocycles. The summed E-state index contributed by atoms with van der Waals surface area (Å²) in [6, 6.07) is 6.00. The molecule has 0 aliphatic carbocycles. The third-order valence-corrected chi connectivity index (χ3v) is 6.48. The predicted molar refractivity (Wildman–Crippen MR) is 115 cm³/mol. The fourth-order valence-electron chi connectivity index (χ4n) is 3.93. The van der Waals surface area contributed by atoms with Crippen LogP contribution in [-0.2, 0) is 11.3 Å². The van der Waals surface area contributed by atoms with Gasteiger partial charge in [-0.05, 0) is 38.0 Å². The highest BCUT2D eigenvalue weighted by Gasteiger charge is 2.19. The van der Waals surface area contributed by atoms with Gasteiger partial charge in [-0.3, -0.25) is 4.79 Å². The number of benzene rings is 1. The lowest BCUT2D eigenvalue weighted by Crippen LogP contribution is -2.35. The fraction of sp³-hybridized carbons (Fsp3) is 0.545. The number of hydrogen-bond donors (Lipinski definition) is 0. The highest BCUT2D eigenvalue weighted by Crippen LogP contribution is 2.35. The molecule has 6 nitrogen and oxygen atoms in total. The van der Waals surface area contributed by atoms with Crippen molar-refractivity contribution in [1.29, 1.82) is 0 Å². The van der Waals surface area contributed by atoms with Crippen LogP contribution in [0.1, 0.15) is 39.0 Å². The van der Waals surface area contributed by atoms with Crippen LogP contribution in [0.15, 0.2) is 29.6 Å². The summed E-state index contributed by atoms with van der Waals surface area (Å²) in [6.07, 6.45) is 7.89. The molecule has 0 atom stereocenters. The Kier molecular flexibility index (Phi) is 6.64. The molecule has 7 heteroatoms. The third-order valence-electron chi connectivity index (χ3n) is 5.51. The maximum atomic E-state index is 12.7. The van der Waals surface area contributed by atoms with Crippen LogP contribution in [0, 0.1) is 0 Å². The van der Waals surface area contributed by atoms with Gasteiger partial charge in [0.15, 0.2) is 16.7 Å². The van der Waals surface area contributed by atoms with E-state index in [2.05, 4.69) is 16.5 Å². The molecule has 29 heavy (non-hydrogen) atoms. The minimum absolute atomic E-state index is 0.225. The van der Waals surface area contributed by atoms with Gasteiger partial charge in [0, 0.05) is 25.2 Å². The highest BCUT2D eigenvalue weighted by atomic mass is 32.2. The lowest BCUT2D eigenvalue weighted by Gasteiger charge is -2.24. The molecule has 4 rings (SSSR count). The number of aromatic nitrogens is 2. The number of amides is 1. The van der Waals surface area contributed by atoms with Crippen LogP contribution in [0.2, 0.25) is 0 Å². The van der Waals surface area contributed by atoms with Gasteiger partial charge in [-0.25, -0.2) is 4.98 Å². The van der Waals surface area contributed by atoms with Gasteiger partial charge in [-0.1, -0.05) is 31.0 Å². The predicted octanol–water partition coefficient (Wildman–Crippen LogP) is 4.23. The lowest BCUT2D eigenvalue weighted by atomic mass is 10.1. The van der Waals surface area contributed by atoms with Gasteiger partial charge < -0.3 is 18.9 Å². The zero-order valence-electron chi connectivity index (χ0n) is 17.1. The van der Waals surface area contributed by atoms with Crippen molar-refractivity contribution in [1.82, 2.24) is 14.5 Å². The summed E-state index contributed by atoms with van der Waals surface area (Å²) in [5, 5.41) is 0.887. The van der Waals surface area contributed by atoms with Crippen molar-refractivity contribution >= 4 is 17.7 Å². The smallest absolute Gasteiger partial charge is 0.233 e. The fourth-order valence-corrected chi connectivity index (χ4v) is 4.87. The molecule has 0 unspecified atom stereocenters. The van der Waals surface area contributed by atoms with Crippen molar-refractivity contribution in [2.75, 3.05) is 32.1 Å². The van der Waals surface area contributed by atoms with Gasteiger partial charge in [-0.2, -0.15) is 0 Å². The molecule has 1 fully saturated rings. The number of carbonyl (C=O) groups excluding carboxylic acids is 1. The first-order valence-corrected chi connectivity index (χ1v) is 11.6. The van der Waals surface area contributed by atoms with Gasteiger partial charge in [0.25, 0.3) is 0 Å². The number of fused-ring (bicyclic) bond motifs is 1. The van der Waals surface area contributed by atoms with E-state index >= 15 is 0 Å². The number of hydrogen-bond acceptors (Lipinski definition) is 5. The Labute approximate surface area is 176 Å². The maximum Gasteiger partial charge on any atom is 0.233 e. The molecule has 2 aromatic rings. The van der Waals surface area contributed by atoms with E-state index < -0.39 is 0 Å². The third kappa shape index (κ3) is 4.71. The van der Waals surface area contributed by atoms with Crippen LogP contribution in [0.3, 0.4) is 0 Å². The SMILES string of the molecule is CCn1c(-c2ccc3c(c2)OCCO3)cnc1SCC(=O)N1CCCCCCC1. The molecular weight excluding hydrogens is 386 g/mol. The number of likely N-dealkylation sites (tertiary alicyclic amines) is 1. The van der Waals surface area contributed by atoms with E-state index in [-0.39, 0.29) is 5.91 Å². The topological polar surface area (TPSA) is 56.6 Å². The summed E-state index contributed by atoms with van der Waals surface area (Å²) >= 11 is 1.53. The van der Waals surface area contributed by atoms with Gasteiger partial charge in [0.05, 0.1) is 17.6 Å². The van der Waals surface area contributed by atoms with Crippen LogP contribution < -0.4 is 9.47 Å². The Morgan fingerprint density at radius 2 is 1.79 bits per heavy atom. The monoisotopic (exact) mass is 415 g/mol. The van der Waals surface area contributed by atoms with Crippen molar-refractivity contribution in [3.8, 4) is 22.8 Å². The van der Waals surface area contributed by atoms with E-state index in [0.717, 1.165) is 60.4 Å². The number of ether oxygens (including phenoxy) is 2. The standard InChI is InChI=1S/C22H29N3O3S/c1-2-25-18(17-8-9-19-20(14-17)28-13-12-27-19)15-23-22(25)29-16-21(26)24-10-6-4-3-5-7-11-24/h8-9,14-15H,2-7,10-13,16H2,1H3. The molecule has 3 heterocycles. The van der Waals surface area contributed by atoms with E-state index in [1.807, 2.05) is 29.3 Å². The summed E-state index contributed by atoms with van der Waals surface area (Å²) < 4.78 is 13.5. The molecule has 1 aromatic heterocycles. The molecule has 0 spiro atoms. The minimum atomic E-state index is 0.225. The number of imidazole rings is 1. The van der Waals surface area contributed by atoms with Crippen LogP contribution in [0.5, 0.6) is 11.5 Å². The number of nitrogens with zero attached hydrogens (tertiary/aromatic N) is 3. The molecule has 0 bridgehead atoms. The maximum absolute atomic E-state index is 12.7. The molecular formula is C22H29N3O3S. The normalized spacial score (nSPS) is 16.9. The largest absolute Gasteiger partial charge is 0.486 e. The Morgan fingerprint density at radius 1 is 1.07 bits per heavy atom. The van der Waals surface area contributed by atoms with Crippen molar-refractivity contribution in [3.05, 3.63) is 24.4 Å². The van der Waals surface area contributed by atoms with Crippen LogP contribution in [0.4, 0.5) is 0 Å². The Morgan fingerprint density at radius 3 is 2.55 bits per heavy atom. The van der Waals surface area contributed by atoms with Crippen LogP contribution in [0.25, 0.3) is 11.3 Å². The number of carbonyl (C=O) groups is 1. The second-order valence-electron chi connectivity index (χ2n) is 7.47. The second kappa shape index (κ2) is 9.57. The van der Waals surface area contributed by atoms with Crippen LogP contribution in [-0.4, -0.2) is 52.4 Å². The van der Waals surface area contributed by atoms with E-state index in [9.17, 15) is 4.79 Å². The summed E-state index contributed by atoms with van der Waals surface area (Å²) in [5.74, 6) is 2.23.